The van der Waals surface area contributed by atoms with E-state index in [1.807, 2.05) is 0 Å². The van der Waals surface area contributed by atoms with Gasteiger partial charge in [0.1, 0.15) is 0 Å². The van der Waals surface area contributed by atoms with Crippen LogP contribution in [0.2, 0.25) is 0 Å². The molecule has 1 saturated carbocycles. The number of hydrogen-bond donors (Lipinski definition) is 2. The van der Waals surface area contributed by atoms with Gasteiger partial charge in [-0.3, -0.25) is 11.3 Å². The number of hydrogen-bond acceptors (Lipinski definition) is 3. The molecule has 0 amide bonds. The molecule has 1 atom stereocenters. The van der Waals surface area contributed by atoms with E-state index in [0.717, 1.165) is 25.9 Å². The second-order valence-electron chi connectivity index (χ2n) is 5.82. The third kappa shape index (κ3) is 3.81. The molecule has 0 saturated heterocycles. The number of ether oxygens (including phenoxy) is 1. The molecule has 0 bridgehead atoms. The van der Waals surface area contributed by atoms with E-state index in [4.69, 9.17) is 10.6 Å². The quantitative estimate of drug-likeness (QED) is 0.476. The predicted octanol–water partition coefficient (Wildman–Crippen LogP) is 3.19. The third-order valence-electron chi connectivity index (χ3n) is 4.50. The average molecular weight is 276 g/mol. The second-order valence-corrected chi connectivity index (χ2v) is 5.82. The molecule has 20 heavy (non-hydrogen) atoms. The Morgan fingerprint density at radius 1 is 1.15 bits per heavy atom. The van der Waals surface area contributed by atoms with Crippen LogP contribution in [0.5, 0.6) is 0 Å². The first-order valence-corrected chi connectivity index (χ1v) is 7.95. The van der Waals surface area contributed by atoms with Crippen molar-refractivity contribution in [1.29, 1.82) is 0 Å². The first kappa shape index (κ1) is 15.5. The van der Waals surface area contributed by atoms with Gasteiger partial charge in [0.25, 0.3) is 0 Å². The SMILES string of the molecule is CCOC1(C(Cc2ccccc2)NN)CCCCCC1. The van der Waals surface area contributed by atoms with E-state index in [2.05, 4.69) is 42.7 Å². The Morgan fingerprint density at radius 3 is 2.35 bits per heavy atom. The van der Waals surface area contributed by atoms with Crippen molar-refractivity contribution in [2.24, 2.45) is 5.84 Å². The Bertz CT molecular complexity index is 372. The van der Waals surface area contributed by atoms with E-state index in [9.17, 15) is 0 Å². The lowest BCUT2D eigenvalue weighted by atomic mass is 9.83. The normalized spacial score (nSPS) is 20.3. The topological polar surface area (TPSA) is 47.3 Å². The molecule has 3 nitrogen and oxygen atoms in total. The van der Waals surface area contributed by atoms with Crippen molar-refractivity contribution in [1.82, 2.24) is 5.43 Å². The van der Waals surface area contributed by atoms with Crippen LogP contribution in [0.4, 0.5) is 0 Å². The van der Waals surface area contributed by atoms with Crippen LogP contribution in [-0.2, 0) is 11.2 Å². The largest absolute Gasteiger partial charge is 0.374 e. The Kier molecular flexibility index (Phi) is 6.02. The van der Waals surface area contributed by atoms with Crippen molar-refractivity contribution >= 4 is 0 Å². The van der Waals surface area contributed by atoms with Gasteiger partial charge < -0.3 is 4.74 Å². The van der Waals surface area contributed by atoms with Crippen molar-refractivity contribution in [3.05, 3.63) is 35.9 Å². The van der Waals surface area contributed by atoms with E-state index in [-0.39, 0.29) is 11.6 Å². The number of nitrogens with two attached hydrogens (primary N) is 1. The van der Waals surface area contributed by atoms with Crippen LogP contribution in [-0.4, -0.2) is 18.2 Å². The fourth-order valence-corrected chi connectivity index (χ4v) is 3.45. The van der Waals surface area contributed by atoms with Crippen LogP contribution in [0.1, 0.15) is 51.0 Å². The fourth-order valence-electron chi connectivity index (χ4n) is 3.45. The number of hydrazine groups is 1. The highest BCUT2D eigenvalue weighted by atomic mass is 16.5. The van der Waals surface area contributed by atoms with Gasteiger partial charge in [-0.05, 0) is 31.7 Å². The molecule has 0 spiro atoms. The molecule has 1 aliphatic rings. The summed E-state index contributed by atoms with van der Waals surface area (Å²) in [6.45, 7) is 2.84. The monoisotopic (exact) mass is 276 g/mol. The van der Waals surface area contributed by atoms with Gasteiger partial charge >= 0.3 is 0 Å². The Hall–Kier alpha value is -0.900. The van der Waals surface area contributed by atoms with Gasteiger partial charge in [-0.25, -0.2) is 0 Å². The lowest BCUT2D eigenvalue weighted by Crippen LogP contribution is -2.56. The minimum Gasteiger partial charge on any atom is -0.374 e. The van der Waals surface area contributed by atoms with Gasteiger partial charge in [-0.1, -0.05) is 56.0 Å². The maximum atomic E-state index is 6.23. The molecule has 3 heteroatoms. The second kappa shape index (κ2) is 7.77. The number of rotatable bonds is 6. The van der Waals surface area contributed by atoms with Gasteiger partial charge in [0.2, 0.25) is 0 Å². The highest BCUT2D eigenvalue weighted by Gasteiger charge is 2.39. The minimum atomic E-state index is -0.101. The molecule has 3 N–H and O–H groups in total. The van der Waals surface area contributed by atoms with Crippen molar-refractivity contribution < 1.29 is 4.74 Å². The molecule has 1 aromatic rings. The zero-order chi connectivity index (χ0) is 14.3. The first-order chi connectivity index (χ1) is 9.80. The number of benzene rings is 1. The summed E-state index contributed by atoms with van der Waals surface area (Å²) >= 11 is 0. The molecule has 2 rings (SSSR count). The fraction of sp³-hybridized carbons (Fsp3) is 0.647. The standard InChI is InChI=1S/C17H28N2O/c1-2-20-17(12-8-3-4-9-13-17)16(19-18)14-15-10-6-5-7-11-15/h5-7,10-11,16,19H,2-4,8-9,12-14,18H2,1H3. The maximum absolute atomic E-state index is 6.23. The molecule has 0 heterocycles. The Morgan fingerprint density at radius 2 is 1.80 bits per heavy atom. The van der Waals surface area contributed by atoms with Crippen LogP contribution < -0.4 is 11.3 Å². The average Bonchev–Trinajstić information content (AvgIpc) is 2.73. The Labute approximate surface area is 122 Å². The lowest BCUT2D eigenvalue weighted by Gasteiger charge is -2.40. The maximum Gasteiger partial charge on any atom is 0.0851 e. The van der Waals surface area contributed by atoms with Crippen molar-refractivity contribution in [3.63, 3.8) is 0 Å². The molecule has 1 fully saturated rings. The van der Waals surface area contributed by atoms with Crippen LogP contribution >= 0.6 is 0 Å². The zero-order valence-electron chi connectivity index (χ0n) is 12.6. The van der Waals surface area contributed by atoms with Crippen LogP contribution in [0.25, 0.3) is 0 Å². The van der Waals surface area contributed by atoms with Gasteiger partial charge in [0.15, 0.2) is 0 Å². The van der Waals surface area contributed by atoms with Crippen LogP contribution in [0, 0.1) is 0 Å². The molecular formula is C17H28N2O. The first-order valence-electron chi connectivity index (χ1n) is 7.95. The summed E-state index contributed by atoms with van der Waals surface area (Å²) < 4.78 is 6.23. The molecule has 1 aliphatic carbocycles. The van der Waals surface area contributed by atoms with Gasteiger partial charge in [-0.15, -0.1) is 0 Å². The van der Waals surface area contributed by atoms with Crippen LogP contribution in [0.3, 0.4) is 0 Å². The van der Waals surface area contributed by atoms with Gasteiger partial charge in [-0.2, -0.15) is 0 Å². The van der Waals surface area contributed by atoms with E-state index in [0.29, 0.717) is 0 Å². The summed E-state index contributed by atoms with van der Waals surface area (Å²) in [6, 6.07) is 10.7. The van der Waals surface area contributed by atoms with E-state index in [1.165, 1.54) is 31.2 Å². The third-order valence-corrected chi connectivity index (χ3v) is 4.50. The zero-order valence-corrected chi connectivity index (χ0v) is 12.6. The van der Waals surface area contributed by atoms with Crippen molar-refractivity contribution in [3.8, 4) is 0 Å². The molecule has 0 aliphatic heterocycles. The molecule has 0 aromatic heterocycles. The lowest BCUT2D eigenvalue weighted by molar-refractivity contribution is -0.0768. The van der Waals surface area contributed by atoms with Gasteiger partial charge in [0.05, 0.1) is 11.6 Å². The van der Waals surface area contributed by atoms with E-state index >= 15 is 0 Å². The van der Waals surface area contributed by atoms with Crippen molar-refractivity contribution in [2.75, 3.05) is 6.61 Å². The van der Waals surface area contributed by atoms with E-state index < -0.39 is 0 Å². The summed E-state index contributed by atoms with van der Waals surface area (Å²) in [5.41, 5.74) is 4.27. The predicted molar refractivity (Wildman–Crippen MR) is 83.3 cm³/mol. The van der Waals surface area contributed by atoms with Crippen molar-refractivity contribution in [2.45, 2.75) is 63.5 Å². The summed E-state index contributed by atoms with van der Waals surface area (Å²) in [6.07, 6.45) is 8.28. The molecular weight excluding hydrogens is 248 g/mol. The van der Waals surface area contributed by atoms with E-state index in [1.54, 1.807) is 0 Å². The highest BCUT2D eigenvalue weighted by Crippen LogP contribution is 2.34. The van der Waals surface area contributed by atoms with Crippen LogP contribution in [0.15, 0.2) is 30.3 Å². The summed E-state index contributed by atoms with van der Waals surface area (Å²) in [4.78, 5) is 0. The summed E-state index contributed by atoms with van der Waals surface area (Å²) in [5, 5.41) is 0. The minimum absolute atomic E-state index is 0.101. The summed E-state index contributed by atoms with van der Waals surface area (Å²) in [7, 11) is 0. The Balaban J connectivity index is 2.15. The molecule has 1 aromatic carbocycles. The smallest absolute Gasteiger partial charge is 0.0851 e. The molecule has 0 radical (unpaired) electrons. The molecule has 1 unspecified atom stereocenters. The number of nitrogens with one attached hydrogen (secondary N) is 1. The highest BCUT2D eigenvalue weighted by molar-refractivity contribution is 5.17. The van der Waals surface area contributed by atoms with Gasteiger partial charge in [0, 0.05) is 6.61 Å². The summed E-state index contributed by atoms with van der Waals surface area (Å²) in [5.74, 6) is 5.89. The molecule has 112 valence electrons.